The van der Waals surface area contributed by atoms with Gasteiger partial charge >= 0.3 is 37.9 Å². The van der Waals surface area contributed by atoms with Crippen LogP contribution in [-0.2, 0) is 33.7 Å². The van der Waals surface area contributed by atoms with Gasteiger partial charge < -0.3 is 0 Å². The number of hydrogen-bond donors (Lipinski definition) is 0. The van der Waals surface area contributed by atoms with Gasteiger partial charge in [0.25, 0.3) is 0 Å². The molecule has 1 aliphatic rings. The molecular weight excluding hydrogens is 611 g/mol. The van der Waals surface area contributed by atoms with Crippen molar-refractivity contribution in [3.05, 3.63) is 114 Å². The van der Waals surface area contributed by atoms with E-state index >= 15 is 0 Å². The van der Waals surface area contributed by atoms with Crippen LogP contribution < -0.4 is 10.4 Å². The van der Waals surface area contributed by atoms with Gasteiger partial charge in [0.15, 0.2) is 0 Å². The predicted octanol–water partition coefficient (Wildman–Crippen LogP) is 9.36. The summed E-state index contributed by atoms with van der Waals surface area (Å²) < 4.78 is 0. The average Bonchev–Trinajstić information content (AvgIpc) is 3.55. The van der Waals surface area contributed by atoms with E-state index in [1.54, 1.807) is 0 Å². The first kappa shape index (κ1) is 30.1. The molecule has 0 saturated heterocycles. The van der Waals surface area contributed by atoms with Gasteiger partial charge in [0.05, 0.1) is 9.52 Å². The number of fused-ring (bicyclic) bond motifs is 4. The van der Waals surface area contributed by atoms with Gasteiger partial charge in [-0.15, -0.1) is 40.1 Å². The molecule has 0 amide bonds. The maximum absolute atomic E-state index is 4.93. The van der Waals surface area contributed by atoms with E-state index in [1.807, 2.05) is 6.07 Å². The Kier molecular flexibility index (Phi) is 11.4. The van der Waals surface area contributed by atoms with Gasteiger partial charge in [0.2, 0.25) is 0 Å². The summed E-state index contributed by atoms with van der Waals surface area (Å²) in [6, 6.07) is 36.5. The van der Waals surface area contributed by atoms with Gasteiger partial charge in [-0.05, 0) is 29.9 Å². The molecule has 1 aliphatic heterocycles. The van der Waals surface area contributed by atoms with Crippen LogP contribution in [0.5, 0.6) is 0 Å². The second kappa shape index (κ2) is 14.7. The van der Waals surface area contributed by atoms with Crippen LogP contribution in [0.3, 0.4) is 0 Å². The third-order valence-electron chi connectivity index (χ3n) is 7.15. The van der Waals surface area contributed by atoms with Gasteiger partial charge in [-0.2, -0.15) is 35.5 Å². The molecule has 2 radical (unpaired) electrons. The summed E-state index contributed by atoms with van der Waals surface area (Å²) in [5.74, 6) is 0.538. The number of benzene rings is 4. The molecule has 0 atom stereocenters. The minimum Gasteiger partial charge on any atom is -0.184 e. The van der Waals surface area contributed by atoms with Crippen LogP contribution in [0.25, 0.3) is 33.0 Å². The standard InChI is InChI=1S/C23H27.C12H7Si.2ClH.Zr/c1-5-9-18-12-13-19-14-17(6-2)15-22(19)23(18)21-11-8-7-10-20(21)16(3)4;1-3-7-11-9(5-1)10-6-2-4-8-12(10)13-11;;;/h7-8,10-16H,5-6,9H2,1-4H3;1-7H;2*1H;/q2*-1;;;+4/p-2. The van der Waals surface area contributed by atoms with Crippen molar-refractivity contribution in [1.82, 2.24) is 0 Å². The van der Waals surface area contributed by atoms with E-state index in [9.17, 15) is 0 Å². The Hall–Kier alpha value is -1.83. The van der Waals surface area contributed by atoms with Gasteiger partial charge in [-0.25, -0.2) is 0 Å². The largest absolute Gasteiger partial charge is 0.184 e. The van der Waals surface area contributed by atoms with Crippen molar-refractivity contribution in [3.63, 3.8) is 0 Å². The Balaban J connectivity index is 0.000000184. The molecule has 5 aromatic rings. The van der Waals surface area contributed by atoms with Crippen LogP contribution in [0.15, 0.2) is 91.0 Å². The predicted molar refractivity (Wildman–Crippen MR) is 170 cm³/mol. The SMILES string of the molecule is CCCc1ccc2[cH-]c(CC)cc2c1-c1ccccc1C(C)C.[Cl][Zr+2][Cl].[c-]1cccc2c1[Si]c1ccccc1-2. The Morgan fingerprint density at radius 1 is 0.872 bits per heavy atom. The fraction of sp³-hybridized carbons (Fsp3) is 0.229. The topological polar surface area (TPSA) is 0 Å². The van der Waals surface area contributed by atoms with Gasteiger partial charge in [-0.1, -0.05) is 105 Å². The molecule has 5 aromatic carbocycles. The number of hydrogen-bond acceptors (Lipinski definition) is 0. The van der Waals surface area contributed by atoms with Crippen LogP contribution in [0, 0.1) is 6.07 Å². The van der Waals surface area contributed by atoms with E-state index in [4.69, 9.17) is 17.0 Å². The van der Waals surface area contributed by atoms with Crippen molar-refractivity contribution in [2.45, 2.75) is 52.9 Å². The molecule has 4 heteroatoms. The van der Waals surface area contributed by atoms with Gasteiger partial charge in [0.1, 0.15) is 0 Å². The third-order valence-corrected chi connectivity index (χ3v) is 8.52. The van der Waals surface area contributed by atoms with E-state index < -0.39 is 20.8 Å². The Morgan fingerprint density at radius 3 is 2.28 bits per heavy atom. The van der Waals surface area contributed by atoms with Crippen molar-refractivity contribution in [3.8, 4) is 22.3 Å². The minimum absolute atomic E-state index is 0.538. The molecule has 0 unspecified atom stereocenters. The molecule has 0 aromatic heterocycles. The maximum atomic E-state index is 4.93. The first-order valence-electron chi connectivity index (χ1n) is 13.7. The number of rotatable bonds is 5. The molecule has 196 valence electrons. The molecule has 0 nitrogen and oxygen atoms in total. The summed E-state index contributed by atoms with van der Waals surface area (Å²) in [5, 5.41) is 5.64. The molecule has 1 heterocycles. The molecule has 6 rings (SSSR count). The van der Waals surface area contributed by atoms with Crippen LogP contribution >= 0.6 is 17.0 Å². The van der Waals surface area contributed by atoms with Crippen LogP contribution in [0.4, 0.5) is 0 Å². The first-order chi connectivity index (χ1) is 19.0. The average molecular weight is 645 g/mol. The second-order valence-corrected chi connectivity index (χ2v) is 15.0. The molecule has 0 aliphatic carbocycles. The van der Waals surface area contributed by atoms with Crippen LogP contribution in [-0.4, -0.2) is 9.52 Å². The Bertz CT molecular complexity index is 1480. The van der Waals surface area contributed by atoms with E-state index in [2.05, 4.69) is 119 Å². The van der Waals surface area contributed by atoms with Crippen LogP contribution in [0.2, 0.25) is 0 Å². The first-order valence-corrected chi connectivity index (χ1v) is 21.0. The smallest absolute Gasteiger partial charge is 0.0920 e. The summed E-state index contributed by atoms with van der Waals surface area (Å²) in [6.07, 6.45) is 3.43. The Labute approximate surface area is 255 Å². The number of aryl methyl sites for hydroxylation is 2. The maximum Gasteiger partial charge on any atom is 0.0920 e. The van der Waals surface area contributed by atoms with E-state index in [0.717, 1.165) is 22.4 Å². The second-order valence-electron chi connectivity index (χ2n) is 10.0. The third kappa shape index (κ3) is 7.09. The Morgan fingerprint density at radius 2 is 1.56 bits per heavy atom. The van der Waals surface area contributed by atoms with Crippen molar-refractivity contribution in [2.75, 3.05) is 0 Å². The zero-order chi connectivity index (χ0) is 27.8. The van der Waals surface area contributed by atoms with Gasteiger partial charge in [-0.3, -0.25) is 0 Å². The fourth-order valence-electron chi connectivity index (χ4n) is 5.34. The van der Waals surface area contributed by atoms with Crippen LogP contribution in [0.1, 0.15) is 56.7 Å². The normalized spacial score (nSPS) is 11.2. The molecule has 0 bridgehead atoms. The zero-order valence-electron chi connectivity index (χ0n) is 23.1. The molecule has 0 N–H and O–H groups in total. The van der Waals surface area contributed by atoms with E-state index in [-0.39, 0.29) is 0 Å². The monoisotopic (exact) mass is 642 g/mol. The van der Waals surface area contributed by atoms with Crippen molar-refractivity contribution in [2.24, 2.45) is 0 Å². The van der Waals surface area contributed by atoms with Crippen molar-refractivity contribution in [1.29, 1.82) is 0 Å². The van der Waals surface area contributed by atoms with E-state index in [0.29, 0.717) is 5.92 Å². The van der Waals surface area contributed by atoms with Crippen molar-refractivity contribution >= 4 is 47.7 Å². The molecule has 0 spiro atoms. The summed E-state index contributed by atoms with van der Waals surface area (Å²) in [7, 11) is 10.7. The van der Waals surface area contributed by atoms with E-state index in [1.165, 1.54) is 66.5 Å². The molecule has 0 fully saturated rings. The van der Waals surface area contributed by atoms with Gasteiger partial charge in [0, 0.05) is 0 Å². The minimum atomic E-state index is -0.826. The summed E-state index contributed by atoms with van der Waals surface area (Å²) >= 11 is -0.826. The summed E-state index contributed by atoms with van der Waals surface area (Å²) in [4.78, 5) is 0. The fourth-order valence-corrected chi connectivity index (χ4v) is 6.65. The molecule has 0 saturated carbocycles. The quantitative estimate of drug-likeness (QED) is 0.130. The molecular formula is C35H34Cl2SiZr. The molecule has 39 heavy (non-hydrogen) atoms. The summed E-state index contributed by atoms with van der Waals surface area (Å²) in [5.41, 5.74) is 10.0. The van der Waals surface area contributed by atoms with Crippen molar-refractivity contribution < 1.29 is 20.8 Å². The zero-order valence-corrected chi connectivity index (χ0v) is 28.1. The number of halogens is 2. The summed E-state index contributed by atoms with van der Waals surface area (Å²) in [6.45, 7) is 9.09.